The molecule has 0 aromatic rings. The summed E-state index contributed by atoms with van der Waals surface area (Å²) in [6.45, 7) is 17.0. The fourth-order valence-corrected chi connectivity index (χ4v) is 13.3. The number of aliphatic hydroxyl groups is 3. The summed E-state index contributed by atoms with van der Waals surface area (Å²) in [7, 11) is 0. The molecule has 1 aliphatic heterocycles. The number of aliphatic hydroxyl groups excluding tert-OH is 3. The SMILES string of the molecule is CCCCCCCC/C=C/CCCCCCCC(=O)OC[C@H]1O[C@@H](O[C@H]2CC[C@@]3(C)C(=CC[C@H]4[C@@H]5CC[C@H]([C@H](C)CC[C@@H](CC)C(C)C)[C@@]5(C)CC[C@@H]43)C2)[C@H](O)[C@@H](O)[C@@H]1O. The Kier molecular flexibility index (Phi) is 20.0. The van der Waals surface area contributed by atoms with Gasteiger partial charge < -0.3 is 29.5 Å². The molecule has 4 aliphatic carbocycles. The largest absolute Gasteiger partial charge is 0.463 e. The van der Waals surface area contributed by atoms with Crippen molar-refractivity contribution in [2.45, 2.75) is 246 Å². The summed E-state index contributed by atoms with van der Waals surface area (Å²) in [6, 6.07) is 0. The highest BCUT2D eigenvalue weighted by molar-refractivity contribution is 5.69. The normalized spacial score (nSPS) is 36.4. The second-order valence-corrected chi connectivity index (χ2v) is 21.5. The van der Waals surface area contributed by atoms with Crippen LogP contribution in [0.25, 0.3) is 0 Å². The van der Waals surface area contributed by atoms with Crippen LogP contribution >= 0.6 is 0 Å². The van der Waals surface area contributed by atoms with Gasteiger partial charge in [-0.05, 0) is 142 Å². The molecule has 0 aromatic carbocycles. The Hall–Kier alpha value is -1.25. The zero-order valence-corrected chi connectivity index (χ0v) is 39.6. The van der Waals surface area contributed by atoms with Crippen molar-refractivity contribution in [1.82, 2.24) is 0 Å². The molecule has 0 unspecified atom stereocenters. The summed E-state index contributed by atoms with van der Waals surface area (Å²) in [5, 5.41) is 32.5. The molecule has 0 spiro atoms. The maximum absolute atomic E-state index is 12.6. The standard InChI is InChI=1S/C53H92O7/c1-8-10-11-12-13-14-15-16-17-18-19-20-21-22-23-24-47(54)58-36-46-48(55)49(56)50(57)51(60-46)59-41-31-33-52(6)40(35-41)27-28-42-44-30-29-43(53(44,7)34-32-45(42)52)38(5)25-26-39(9-2)37(3)4/h16-17,27,37-39,41-46,48-51,55-57H,8-15,18-26,28-36H2,1-7H3/b17-16+/t38-,39-,41+,42+,43-,44+,45+,46-,48-,49+,50-,51-,52+,53-/m1/s1. The van der Waals surface area contributed by atoms with Gasteiger partial charge in [0.05, 0.1) is 6.10 Å². The summed E-state index contributed by atoms with van der Waals surface area (Å²) in [5.74, 6) is 5.21. The van der Waals surface area contributed by atoms with Crippen molar-refractivity contribution >= 4 is 5.97 Å². The van der Waals surface area contributed by atoms with Gasteiger partial charge in [-0.25, -0.2) is 0 Å². The zero-order valence-electron chi connectivity index (χ0n) is 39.6. The first-order chi connectivity index (χ1) is 28.8. The van der Waals surface area contributed by atoms with Gasteiger partial charge in [0, 0.05) is 6.42 Å². The van der Waals surface area contributed by atoms with Crippen LogP contribution in [0.15, 0.2) is 23.8 Å². The van der Waals surface area contributed by atoms with E-state index in [9.17, 15) is 20.1 Å². The molecule has 3 N–H and O–H groups in total. The summed E-state index contributed by atoms with van der Waals surface area (Å²) < 4.78 is 18.0. The first-order valence-electron chi connectivity index (χ1n) is 25.7. The van der Waals surface area contributed by atoms with E-state index in [4.69, 9.17) is 14.2 Å². The first kappa shape index (κ1) is 49.8. The third-order valence-corrected chi connectivity index (χ3v) is 17.3. The maximum atomic E-state index is 12.6. The van der Waals surface area contributed by atoms with Crippen LogP contribution < -0.4 is 0 Å². The Balaban J connectivity index is 1.02. The van der Waals surface area contributed by atoms with E-state index in [1.54, 1.807) is 0 Å². The number of hydrogen-bond acceptors (Lipinski definition) is 7. The summed E-state index contributed by atoms with van der Waals surface area (Å²) in [4.78, 5) is 12.6. The molecule has 7 nitrogen and oxygen atoms in total. The number of carbonyl (C=O) groups excluding carboxylic acids is 1. The van der Waals surface area contributed by atoms with Crippen molar-refractivity contribution in [3.05, 3.63) is 23.8 Å². The van der Waals surface area contributed by atoms with E-state index in [-0.39, 0.29) is 24.1 Å². The fourth-order valence-electron chi connectivity index (χ4n) is 13.3. The molecular weight excluding hydrogens is 749 g/mol. The average molecular weight is 841 g/mol. The van der Waals surface area contributed by atoms with E-state index in [0.717, 1.165) is 93.3 Å². The fraction of sp³-hybridized carbons (Fsp3) is 0.906. The molecule has 0 aromatic heterocycles. The van der Waals surface area contributed by atoms with Crippen LogP contribution in [0, 0.1) is 52.3 Å². The second kappa shape index (κ2) is 24.2. The number of unbranched alkanes of at least 4 members (excludes halogenated alkanes) is 11. The van der Waals surface area contributed by atoms with Crippen molar-refractivity contribution in [3.8, 4) is 0 Å². The Morgan fingerprint density at radius 1 is 0.817 bits per heavy atom. The first-order valence-corrected chi connectivity index (χ1v) is 25.7. The van der Waals surface area contributed by atoms with Crippen molar-refractivity contribution in [1.29, 1.82) is 0 Å². The lowest BCUT2D eigenvalue weighted by Gasteiger charge is -2.58. The molecule has 1 heterocycles. The predicted octanol–water partition coefficient (Wildman–Crippen LogP) is 12.4. The van der Waals surface area contributed by atoms with Crippen LogP contribution in [0.5, 0.6) is 0 Å². The maximum Gasteiger partial charge on any atom is 0.305 e. The third-order valence-electron chi connectivity index (χ3n) is 17.3. The van der Waals surface area contributed by atoms with Crippen molar-refractivity contribution in [3.63, 3.8) is 0 Å². The number of esters is 1. The molecule has 60 heavy (non-hydrogen) atoms. The molecule has 0 amide bonds. The lowest BCUT2D eigenvalue weighted by Crippen LogP contribution is -2.60. The van der Waals surface area contributed by atoms with E-state index in [0.29, 0.717) is 17.8 Å². The minimum atomic E-state index is -1.45. The van der Waals surface area contributed by atoms with Gasteiger partial charge in [-0.3, -0.25) is 4.79 Å². The van der Waals surface area contributed by atoms with Gasteiger partial charge in [0.1, 0.15) is 31.0 Å². The zero-order chi connectivity index (χ0) is 43.3. The molecule has 3 saturated carbocycles. The molecule has 0 radical (unpaired) electrons. The molecule has 0 bridgehead atoms. The molecule has 4 fully saturated rings. The Bertz CT molecular complexity index is 1330. The smallest absolute Gasteiger partial charge is 0.305 e. The number of rotatable bonds is 25. The summed E-state index contributed by atoms with van der Waals surface area (Å²) in [5.41, 5.74) is 2.12. The van der Waals surface area contributed by atoms with Crippen LogP contribution in [0.1, 0.15) is 209 Å². The van der Waals surface area contributed by atoms with Crippen molar-refractivity contribution in [2.24, 2.45) is 52.3 Å². The van der Waals surface area contributed by atoms with E-state index in [2.05, 4.69) is 66.7 Å². The minimum absolute atomic E-state index is 0.143. The topological polar surface area (TPSA) is 105 Å². The average Bonchev–Trinajstić information content (AvgIpc) is 3.59. The van der Waals surface area contributed by atoms with Crippen molar-refractivity contribution < 1.29 is 34.3 Å². The monoisotopic (exact) mass is 841 g/mol. The van der Waals surface area contributed by atoms with Crippen molar-refractivity contribution in [2.75, 3.05) is 6.61 Å². The van der Waals surface area contributed by atoms with E-state index in [1.165, 1.54) is 102 Å². The molecule has 7 heteroatoms. The van der Waals surface area contributed by atoms with Gasteiger partial charge in [0.15, 0.2) is 6.29 Å². The van der Waals surface area contributed by atoms with E-state index in [1.807, 2.05) is 0 Å². The highest BCUT2D eigenvalue weighted by Gasteiger charge is 2.59. The van der Waals surface area contributed by atoms with Gasteiger partial charge in [0.25, 0.3) is 0 Å². The van der Waals surface area contributed by atoms with Crippen LogP contribution in [0.2, 0.25) is 0 Å². The number of fused-ring (bicyclic) bond motifs is 5. The van der Waals surface area contributed by atoms with Gasteiger partial charge in [-0.15, -0.1) is 0 Å². The quantitative estimate of drug-likeness (QED) is 0.0477. The highest BCUT2D eigenvalue weighted by Crippen LogP contribution is 2.67. The third kappa shape index (κ3) is 12.7. The molecule has 1 saturated heterocycles. The lowest BCUT2D eigenvalue weighted by molar-refractivity contribution is -0.313. The van der Waals surface area contributed by atoms with Gasteiger partial charge in [-0.1, -0.05) is 136 Å². The van der Waals surface area contributed by atoms with Gasteiger partial charge in [-0.2, -0.15) is 0 Å². The molecular formula is C53H92O7. The van der Waals surface area contributed by atoms with E-state index >= 15 is 0 Å². The molecule has 5 rings (SSSR count). The van der Waals surface area contributed by atoms with E-state index < -0.39 is 30.7 Å². The van der Waals surface area contributed by atoms with Crippen LogP contribution in [-0.4, -0.2) is 64.7 Å². The van der Waals surface area contributed by atoms with Gasteiger partial charge in [0.2, 0.25) is 0 Å². The molecule has 5 aliphatic rings. The highest BCUT2D eigenvalue weighted by atomic mass is 16.7. The second-order valence-electron chi connectivity index (χ2n) is 21.5. The van der Waals surface area contributed by atoms with Crippen LogP contribution in [-0.2, 0) is 19.0 Å². The van der Waals surface area contributed by atoms with Crippen LogP contribution in [0.3, 0.4) is 0 Å². The Labute approximate surface area is 367 Å². The summed E-state index contributed by atoms with van der Waals surface area (Å²) >= 11 is 0. The predicted molar refractivity (Wildman–Crippen MR) is 244 cm³/mol. The Morgan fingerprint density at radius 2 is 1.50 bits per heavy atom. The number of hydrogen-bond donors (Lipinski definition) is 3. The Morgan fingerprint density at radius 3 is 2.18 bits per heavy atom. The number of carbonyl (C=O) groups is 1. The number of allylic oxidation sites excluding steroid dienone is 3. The number of ether oxygens (including phenoxy) is 3. The lowest BCUT2D eigenvalue weighted by atomic mass is 9.47. The van der Waals surface area contributed by atoms with Gasteiger partial charge >= 0.3 is 5.97 Å². The minimum Gasteiger partial charge on any atom is -0.463 e. The van der Waals surface area contributed by atoms with Crippen LogP contribution in [0.4, 0.5) is 0 Å². The molecule has 346 valence electrons. The summed E-state index contributed by atoms with van der Waals surface area (Å²) in [6.07, 6.45) is 30.1. The molecule has 14 atom stereocenters.